The first-order valence-electron chi connectivity index (χ1n) is 10.7. The molecular weight excluding hydrogens is 366 g/mol. The Morgan fingerprint density at radius 1 is 1.07 bits per heavy atom. The molecule has 1 atom stereocenters. The molecule has 1 aromatic heterocycles. The van der Waals surface area contributed by atoms with E-state index in [-0.39, 0.29) is 17.9 Å². The molecule has 0 radical (unpaired) electrons. The quantitative estimate of drug-likeness (QED) is 0.780. The van der Waals surface area contributed by atoms with Crippen molar-refractivity contribution in [3.8, 4) is 0 Å². The third-order valence-electron chi connectivity index (χ3n) is 6.00. The molecule has 7 heteroatoms. The molecule has 7 nitrogen and oxygen atoms in total. The molecule has 2 amide bonds. The van der Waals surface area contributed by atoms with Gasteiger partial charge < -0.3 is 9.80 Å². The van der Waals surface area contributed by atoms with Gasteiger partial charge in [-0.2, -0.15) is 0 Å². The standard InChI is InChI=1S/C22H29N5O2/c1-17-7-6-8-18(15-17)21(28)27-13-3-2-9-19(27)10-14-26-16-20(23-24-26)22(29)25-11-4-5-12-25/h6-8,15-16,19H,2-5,9-14H2,1H3. The zero-order valence-corrected chi connectivity index (χ0v) is 17.1. The Bertz CT molecular complexity index is 872. The second-order valence-electron chi connectivity index (χ2n) is 8.17. The van der Waals surface area contributed by atoms with Crippen LogP contribution in [-0.4, -0.2) is 62.3 Å². The van der Waals surface area contributed by atoms with Crippen molar-refractivity contribution in [3.63, 3.8) is 0 Å². The fourth-order valence-electron chi connectivity index (χ4n) is 4.38. The van der Waals surface area contributed by atoms with Crippen LogP contribution in [0.5, 0.6) is 0 Å². The first kappa shape index (κ1) is 19.6. The Labute approximate surface area is 171 Å². The SMILES string of the molecule is Cc1cccc(C(=O)N2CCCCC2CCn2cc(C(=O)N3CCCC3)nn2)c1. The summed E-state index contributed by atoms with van der Waals surface area (Å²) in [6.07, 6.45) is 7.88. The number of benzene rings is 1. The molecule has 0 aliphatic carbocycles. The van der Waals surface area contributed by atoms with Crippen molar-refractivity contribution < 1.29 is 9.59 Å². The number of piperidine rings is 1. The highest BCUT2D eigenvalue weighted by molar-refractivity contribution is 5.94. The summed E-state index contributed by atoms with van der Waals surface area (Å²) in [7, 11) is 0. The van der Waals surface area contributed by atoms with Crippen molar-refractivity contribution >= 4 is 11.8 Å². The Kier molecular flexibility index (Phi) is 5.92. The Morgan fingerprint density at radius 2 is 1.86 bits per heavy atom. The van der Waals surface area contributed by atoms with E-state index in [2.05, 4.69) is 10.3 Å². The van der Waals surface area contributed by atoms with E-state index in [4.69, 9.17) is 0 Å². The van der Waals surface area contributed by atoms with Gasteiger partial charge in [-0.3, -0.25) is 14.3 Å². The smallest absolute Gasteiger partial charge is 0.276 e. The average molecular weight is 396 g/mol. The molecule has 29 heavy (non-hydrogen) atoms. The lowest BCUT2D eigenvalue weighted by Gasteiger charge is -2.36. The van der Waals surface area contributed by atoms with Crippen LogP contribution in [0.3, 0.4) is 0 Å². The maximum absolute atomic E-state index is 13.1. The van der Waals surface area contributed by atoms with E-state index in [1.165, 1.54) is 0 Å². The van der Waals surface area contributed by atoms with Gasteiger partial charge in [-0.1, -0.05) is 22.9 Å². The van der Waals surface area contributed by atoms with Gasteiger partial charge in [-0.15, -0.1) is 5.10 Å². The minimum atomic E-state index is -0.0253. The summed E-state index contributed by atoms with van der Waals surface area (Å²) in [5, 5.41) is 8.23. The van der Waals surface area contributed by atoms with Crippen LogP contribution in [0, 0.1) is 6.92 Å². The van der Waals surface area contributed by atoms with Crippen LogP contribution in [-0.2, 0) is 6.54 Å². The summed E-state index contributed by atoms with van der Waals surface area (Å²) in [6, 6.07) is 8.00. The molecule has 1 aromatic carbocycles. The number of carbonyl (C=O) groups is 2. The second kappa shape index (κ2) is 8.76. The van der Waals surface area contributed by atoms with E-state index in [0.29, 0.717) is 12.2 Å². The van der Waals surface area contributed by atoms with Gasteiger partial charge in [0.15, 0.2) is 5.69 Å². The van der Waals surface area contributed by atoms with Gasteiger partial charge in [0, 0.05) is 37.8 Å². The van der Waals surface area contributed by atoms with Gasteiger partial charge in [-0.05, 0) is 57.6 Å². The third kappa shape index (κ3) is 4.49. The molecule has 0 saturated carbocycles. The van der Waals surface area contributed by atoms with Crippen LogP contribution in [0.15, 0.2) is 30.5 Å². The van der Waals surface area contributed by atoms with Crippen molar-refractivity contribution in [1.29, 1.82) is 0 Å². The first-order chi connectivity index (χ1) is 14.1. The molecule has 154 valence electrons. The van der Waals surface area contributed by atoms with E-state index < -0.39 is 0 Å². The van der Waals surface area contributed by atoms with Gasteiger partial charge >= 0.3 is 0 Å². The highest BCUT2D eigenvalue weighted by Gasteiger charge is 2.28. The lowest BCUT2D eigenvalue weighted by Crippen LogP contribution is -2.44. The molecule has 2 aromatic rings. The molecular formula is C22H29N5O2. The first-order valence-corrected chi connectivity index (χ1v) is 10.7. The van der Waals surface area contributed by atoms with Crippen LogP contribution >= 0.6 is 0 Å². The largest absolute Gasteiger partial charge is 0.337 e. The summed E-state index contributed by atoms with van der Waals surface area (Å²) in [5.41, 5.74) is 2.28. The number of aromatic nitrogens is 3. The fraction of sp³-hybridized carbons (Fsp3) is 0.545. The summed E-state index contributed by atoms with van der Waals surface area (Å²) in [4.78, 5) is 29.4. The third-order valence-corrected chi connectivity index (χ3v) is 6.00. The Balaban J connectivity index is 1.39. The van der Waals surface area contributed by atoms with Crippen LogP contribution in [0.25, 0.3) is 0 Å². The van der Waals surface area contributed by atoms with Gasteiger partial charge in [0.2, 0.25) is 0 Å². The molecule has 0 N–H and O–H groups in total. The van der Waals surface area contributed by atoms with Crippen molar-refractivity contribution in [3.05, 3.63) is 47.3 Å². The number of nitrogens with zero attached hydrogens (tertiary/aromatic N) is 5. The average Bonchev–Trinajstić information content (AvgIpc) is 3.44. The molecule has 3 heterocycles. The molecule has 0 spiro atoms. The second-order valence-corrected chi connectivity index (χ2v) is 8.17. The van der Waals surface area contributed by atoms with Crippen molar-refractivity contribution in [2.24, 2.45) is 0 Å². The molecule has 1 unspecified atom stereocenters. The predicted octanol–water partition coefficient (Wildman–Crippen LogP) is 2.91. The molecule has 2 saturated heterocycles. The van der Waals surface area contributed by atoms with Gasteiger partial charge in [0.05, 0.1) is 6.20 Å². The number of hydrogen-bond acceptors (Lipinski definition) is 4. The van der Waals surface area contributed by atoms with Gasteiger partial charge in [-0.25, -0.2) is 0 Å². The van der Waals surface area contributed by atoms with E-state index in [0.717, 1.165) is 69.3 Å². The predicted molar refractivity (Wildman–Crippen MR) is 110 cm³/mol. The number of carbonyl (C=O) groups excluding carboxylic acids is 2. The maximum atomic E-state index is 13.1. The molecule has 2 fully saturated rings. The van der Waals surface area contributed by atoms with E-state index >= 15 is 0 Å². The zero-order valence-electron chi connectivity index (χ0n) is 17.1. The molecule has 2 aliphatic heterocycles. The minimum absolute atomic E-state index is 0.0253. The Hall–Kier alpha value is -2.70. The van der Waals surface area contributed by atoms with E-state index in [1.54, 1.807) is 10.9 Å². The highest BCUT2D eigenvalue weighted by Crippen LogP contribution is 2.23. The Morgan fingerprint density at radius 3 is 2.66 bits per heavy atom. The molecule has 0 bridgehead atoms. The van der Waals surface area contributed by atoms with Crippen LogP contribution in [0.1, 0.15) is 64.9 Å². The summed E-state index contributed by atoms with van der Waals surface area (Å²) in [5.74, 6) is 0.0876. The maximum Gasteiger partial charge on any atom is 0.276 e. The van der Waals surface area contributed by atoms with Crippen LogP contribution in [0.2, 0.25) is 0 Å². The van der Waals surface area contributed by atoms with Crippen molar-refractivity contribution in [2.45, 2.75) is 58.0 Å². The minimum Gasteiger partial charge on any atom is -0.337 e. The van der Waals surface area contributed by atoms with Crippen molar-refractivity contribution in [1.82, 2.24) is 24.8 Å². The zero-order chi connectivity index (χ0) is 20.2. The summed E-state index contributed by atoms with van der Waals surface area (Å²) < 4.78 is 1.74. The van der Waals surface area contributed by atoms with E-state index in [9.17, 15) is 9.59 Å². The summed E-state index contributed by atoms with van der Waals surface area (Å²) >= 11 is 0. The van der Waals surface area contributed by atoms with E-state index in [1.807, 2.05) is 41.0 Å². The lowest BCUT2D eigenvalue weighted by molar-refractivity contribution is 0.0593. The van der Waals surface area contributed by atoms with Gasteiger partial charge in [0.1, 0.15) is 0 Å². The van der Waals surface area contributed by atoms with Gasteiger partial charge in [0.25, 0.3) is 11.8 Å². The normalized spacial score (nSPS) is 19.6. The van der Waals surface area contributed by atoms with Crippen molar-refractivity contribution in [2.75, 3.05) is 19.6 Å². The number of likely N-dealkylation sites (tertiary alicyclic amines) is 2. The molecule has 2 aliphatic rings. The van der Waals surface area contributed by atoms with Crippen LogP contribution < -0.4 is 0 Å². The molecule has 4 rings (SSSR count). The topological polar surface area (TPSA) is 71.3 Å². The number of hydrogen-bond donors (Lipinski definition) is 0. The fourth-order valence-corrected chi connectivity index (χ4v) is 4.38. The number of amides is 2. The highest BCUT2D eigenvalue weighted by atomic mass is 16.2. The lowest BCUT2D eigenvalue weighted by atomic mass is 9.98. The number of aryl methyl sites for hydroxylation is 2. The van der Waals surface area contributed by atoms with Crippen LogP contribution in [0.4, 0.5) is 0 Å². The monoisotopic (exact) mass is 395 g/mol. The summed E-state index contributed by atoms with van der Waals surface area (Å²) in [6.45, 7) is 5.08. The number of rotatable bonds is 5.